The minimum absolute atomic E-state index is 0.0253. The molecule has 1 aliphatic carbocycles. The van der Waals surface area contributed by atoms with Gasteiger partial charge in [-0.1, -0.05) is 0 Å². The van der Waals surface area contributed by atoms with E-state index < -0.39 is 0 Å². The zero-order chi connectivity index (χ0) is 17.6. The molecule has 7 nitrogen and oxygen atoms in total. The maximum absolute atomic E-state index is 12.6. The zero-order valence-corrected chi connectivity index (χ0v) is 14.8. The Hall–Kier alpha value is -1.63. The second-order valence-electron chi connectivity index (χ2n) is 7.40. The number of nitrogens with zero attached hydrogens (tertiary/aromatic N) is 2. The summed E-state index contributed by atoms with van der Waals surface area (Å²) in [6.45, 7) is 3.90. The van der Waals surface area contributed by atoms with Gasteiger partial charge in [0.2, 0.25) is 18.2 Å². The fourth-order valence-electron chi connectivity index (χ4n) is 4.07. The molecule has 0 aromatic carbocycles. The van der Waals surface area contributed by atoms with Crippen LogP contribution in [0.2, 0.25) is 0 Å². The normalized spacial score (nSPS) is 30.2. The Morgan fingerprint density at radius 1 is 1.00 bits per heavy atom. The van der Waals surface area contributed by atoms with Gasteiger partial charge < -0.3 is 19.9 Å². The van der Waals surface area contributed by atoms with Crippen LogP contribution in [0.5, 0.6) is 0 Å². The van der Waals surface area contributed by atoms with Crippen molar-refractivity contribution in [1.29, 1.82) is 0 Å². The van der Waals surface area contributed by atoms with E-state index >= 15 is 0 Å². The van der Waals surface area contributed by atoms with E-state index in [0.717, 1.165) is 51.5 Å². The lowest BCUT2D eigenvalue weighted by atomic mass is 9.80. The summed E-state index contributed by atoms with van der Waals surface area (Å²) in [5.41, 5.74) is 0. The number of carbonyl (C=O) groups excluding carboxylic acids is 3. The molecule has 3 amide bonds. The van der Waals surface area contributed by atoms with Crippen LogP contribution < -0.4 is 5.32 Å². The molecular weight excluding hydrogens is 322 g/mol. The molecule has 1 N–H and O–H groups in total. The minimum Gasteiger partial charge on any atom is -0.376 e. The first-order valence-electron chi connectivity index (χ1n) is 9.55. The van der Waals surface area contributed by atoms with Crippen LogP contribution >= 0.6 is 0 Å². The Morgan fingerprint density at radius 2 is 1.68 bits per heavy atom. The van der Waals surface area contributed by atoms with E-state index in [2.05, 4.69) is 5.32 Å². The topological polar surface area (TPSA) is 79.0 Å². The van der Waals surface area contributed by atoms with E-state index in [-0.39, 0.29) is 29.8 Å². The van der Waals surface area contributed by atoms with E-state index in [4.69, 9.17) is 4.74 Å². The summed E-state index contributed by atoms with van der Waals surface area (Å²) in [5.74, 6) is 0.368. The average molecular weight is 351 g/mol. The van der Waals surface area contributed by atoms with Crippen LogP contribution in [0.3, 0.4) is 0 Å². The third-order valence-electron chi connectivity index (χ3n) is 5.75. The molecule has 1 atom stereocenters. The van der Waals surface area contributed by atoms with Gasteiger partial charge in [-0.15, -0.1) is 0 Å². The summed E-state index contributed by atoms with van der Waals surface area (Å²) in [6.07, 6.45) is 6.25. The van der Waals surface area contributed by atoms with Crippen LogP contribution in [0.4, 0.5) is 0 Å². The van der Waals surface area contributed by atoms with Crippen LogP contribution in [-0.4, -0.2) is 73.5 Å². The van der Waals surface area contributed by atoms with Crippen LogP contribution in [0.15, 0.2) is 0 Å². The monoisotopic (exact) mass is 351 g/mol. The Kier molecular flexibility index (Phi) is 6.29. The molecule has 25 heavy (non-hydrogen) atoms. The van der Waals surface area contributed by atoms with Gasteiger partial charge in [-0.25, -0.2) is 0 Å². The van der Waals surface area contributed by atoms with Crippen molar-refractivity contribution in [2.75, 3.05) is 39.3 Å². The summed E-state index contributed by atoms with van der Waals surface area (Å²) in [7, 11) is 0. The molecule has 1 unspecified atom stereocenters. The van der Waals surface area contributed by atoms with Crippen molar-refractivity contribution < 1.29 is 19.1 Å². The Labute approximate surface area is 149 Å². The van der Waals surface area contributed by atoms with Crippen LogP contribution in [0.1, 0.15) is 38.5 Å². The lowest BCUT2D eigenvalue weighted by Gasteiger charge is -2.36. The summed E-state index contributed by atoms with van der Waals surface area (Å²) >= 11 is 0. The van der Waals surface area contributed by atoms with Crippen LogP contribution in [0.25, 0.3) is 0 Å². The second-order valence-corrected chi connectivity index (χ2v) is 7.40. The molecule has 2 aliphatic heterocycles. The lowest BCUT2D eigenvalue weighted by Crippen LogP contribution is -2.50. The summed E-state index contributed by atoms with van der Waals surface area (Å²) in [4.78, 5) is 39.3. The van der Waals surface area contributed by atoms with Crippen molar-refractivity contribution in [1.82, 2.24) is 15.1 Å². The molecule has 140 valence electrons. The van der Waals surface area contributed by atoms with Gasteiger partial charge in [0.25, 0.3) is 0 Å². The number of piperazine rings is 1. The highest BCUT2D eigenvalue weighted by Gasteiger charge is 2.33. The van der Waals surface area contributed by atoms with Gasteiger partial charge in [-0.2, -0.15) is 0 Å². The Bertz CT molecular complexity index is 477. The fraction of sp³-hybridized carbons (Fsp3) is 0.833. The first-order chi connectivity index (χ1) is 12.2. The molecule has 3 aliphatic rings. The highest BCUT2D eigenvalue weighted by atomic mass is 16.5. The molecular formula is C18H29N3O4. The molecule has 3 fully saturated rings. The van der Waals surface area contributed by atoms with E-state index in [1.807, 2.05) is 4.90 Å². The first kappa shape index (κ1) is 18.2. The van der Waals surface area contributed by atoms with E-state index in [1.165, 1.54) is 0 Å². The van der Waals surface area contributed by atoms with Gasteiger partial charge in [0.15, 0.2) is 0 Å². The predicted octanol–water partition coefficient (Wildman–Crippen LogP) is 0.389. The number of rotatable bonds is 5. The van der Waals surface area contributed by atoms with Crippen LogP contribution in [0, 0.1) is 11.8 Å². The molecule has 0 radical (unpaired) electrons. The Morgan fingerprint density at radius 3 is 2.28 bits per heavy atom. The predicted molar refractivity (Wildman–Crippen MR) is 91.6 cm³/mol. The number of carbonyl (C=O) groups is 3. The van der Waals surface area contributed by atoms with Gasteiger partial charge in [-0.05, 0) is 38.5 Å². The molecule has 7 heteroatoms. The van der Waals surface area contributed by atoms with Gasteiger partial charge in [0.1, 0.15) is 0 Å². The molecule has 0 aromatic heterocycles. The average Bonchev–Trinajstić information content (AvgIpc) is 3.19. The number of hydrogen-bond donors (Lipinski definition) is 1. The molecule has 2 saturated heterocycles. The summed E-state index contributed by atoms with van der Waals surface area (Å²) < 4.78 is 5.53. The number of amides is 3. The SMILES string of the molecule is O=CN1CCN(C(=O)C2CCC(C(=O)NCC3CCCO3)CC2)CC1. The third kappa shape index (κ3) is 4.71. The van der Waals surface area contributed by atoms with E-state index in [1.54, 1.807) is 4.90 Å². The minimum atomic E-state index is 0.0253. The second kappa shape index (κ2) is 8.65. The quantitative estimate of drug-likeness (QED) is 0.727. The van der Waals surface area contributed by atoms with Crippen LogP contribution in [-0.2, 0) is 19.1 Å². The molecule has 1 saturated carbocycles. The molecule has 0 spiro atoms. The van der Waals surface area contributed by atoms with Gasteiger partial charge in [0.05, 0.1) is 6.10 Å². The molecule has 3 rings (SSSR count). The number of nitrogens with one attached hydrogen (secondary N) is 1. The Balaban J connectivity index is 1.38. The lowest BCUT2D eigenvalue weighted by molar-refractivity contribution is -0.141. The number of hydrogen-bond acceptors (Lipinski definition) is 4. The summed E-state index contributed by atoms with van der Waals surface area (Å²) in [6, 6.07) is 0. The maximum atomic E-state index is 12.6. The largest absolute Gasteiger partial charge is 0.376 e. The van der Waals surface area contributed by atoms with Crippen molar-refractivity contribution >= 4 is 18.2 Å². The van der Waals surface area contributed by atoms with Gasteiger partial charge >= 0.3 is 0 Å². The van der Waals surface area contributed by atoms with Crippen molar-refractivity contribution in [2.45, 2.75) is 44.6 Å². The fourth-order valence-corrected chi connectivity index (χ4v) is 4.07. The molecule has 2 heterocycles. The van der Waals surface area contributed by atoms with Crippen molar-refractivity contribution in [2.24, 2.45) is 11.8 Å². The van der Waals surface area contributed by atoms with Crippen molar-refractivity contribution in [3.63, 3.8) is 0 Å². The molecule has 0 aromatic rings. The first-order valence-corrected chi connectivity index (χ1v) is 9.55. The third-order valence-corrected chi connectivity index (χ3v) is 5.75. The van der Waals surface area contributed by atoms with Gasteiger partial charge in [0, 0.05) is 51.2 Å². The summed E-state index contributed by atoms with van der Waals surface area (Å²) in [5, 5.41) is 3.02. The standard InChI is InChI=1S/C18H29N3O4/c22-13-20-7-9-21(10-8-20)18(24)15-5-3-14(4-6-15)17(23)19-12-16-2-1-11-25-16/h13-16H,1-12H2,(H,19,23). The highest BCUT2D eigenvalue weighted by molar-refractivity contribution is 5.81. The van der Waals surface area contributed by atoms with Crippen molar-refractivity contribution in [3.8, 4) is 0 Å². The highest BCUT2D eigenvalue weighted by Crippen LogP contribution is 2.30. The smallest absolute Gasteiger partial charge is 0.225 e. The van der Waals surface area contributed by atoms with Crippen molar-refractivity contribution in [3.05, 3.63) is 0 Å². The number of ether oxygens (including phenoxy) is 1. The zero-order valence-electron chi connectivity index (χ0n) is 14.8. The van der Waals surface area contributed by atoms with E-state index in [0.29, 0.717) is 32.7 Å². The van der Waals surface area contributed by atoms with E-state index in [9.17, 15) is 14.4 Å². The maximum Gasteiger partial charge on any atom is 0.225 e. The molecule has 0 bridgehead atoms. The van der Waals surface area contributed by atoms with Gasteiger partial charge in [-0.3, -0.25) is 14.4 Å².